The van der Waals surface area contributed by atoms with Gasteiger partial charge in [0.2, 0.25) is 0 Å². The third-order valence-corrected chi connectivity index (χ3v) is 3.53. The Kier molecular flexibility index (Phi) is 5.01. The molecule has 1 amide bonds. The van der Waals surface area contributed by atoms with Crippen LogP contribution in [0.25, 0.3) is 0 Å². The summed E-state index contributed by atoms with van der Waals surface area (Å²) in [6, 6.07) is 5.94. The van der Waals surface area contributed by atoms with Crippen LogP contribution in [0.1, 0.15) is 30.9 Å². The van der Waals surface area contributed by atoms with Gasteiger partial charge in [-0.3, -0.25) is 4.79 Å². The van der Waals surface area contributed by atoms with Crippen molar-refractivity contribution < 1.29 is 14.3 Å². The molecule has 1 aliphatic rings. The molecular formula is C16H23NO3. The fourth-order valence-electron chi connectivity index (χ4n) is 2.34. The number of ether oxygens (including phenoxy) is 2. The van der Waals surface area contributed by atoms with Crippen molar-refractivity contribution in [1.29, 1.82) is 0 Å². The van der Waals surface area contributed by atoms with Gasteiger partial charge in [-0.15, -0.1) is 0 Å². The van der Waals surface area contributed by atoms with E-state index in [0.717, 1.165) is 30.8 Å². The van der Waals surface area contributed by atoms with Crippen molar-refractivity contribution in [2.75, 3.05) is 13.2 Å². The zero-order valence-electron chi connectivity index (χ0n) is 12.4. The van der Waals surface area contributed by atoms with Gasteiger partial charge in [-0.1, -0.05) is 17.7 Å². The monoisotopic (exact) mass is 277 g/mol. The number of aryl methyl sites for hydroxylation is 2. The molecule has 0 aliphatic carbocycles. The zero-order chi connectivity index (χ0) is 14.5. The van der Waals surface area contributed by atoms with E-state index in [-0.39, 0.29) is 12.0 Å². The quantitative estimate of drug-likeness (QED) is 0.899. The Morgan fingerprint density at radius 2 is 2.30 bits per heavy atom. The van der Waals surface area contributed by atoms with Crippen molar-refractivity contribution in [1.82, 2.24) is 5.32 Å². The van der Waals surface area contributed by atoms with Crippen molar-refractivity contribution in [3.63, 3.8) is 0 Å². The minimum absolute atomic E-state index is 0.0968. The Labute approximate surface area is 120 Å². The lowest BCUT2D eigenvalue weighted by molar-refractivity contribution is -0.127. The Balaban J connectivity index is 1.83. The van der Waals surface area contributed by atoms with Gasteiger partial charge in [-0.2, -0.15) is 0 Å². The second kappa shape index (κ2) is 6.75. The van der Waals surface area contributed by atoms with Crippen LogP contribution in [0.15, 0.2) is 18.2 Å². The van der Waals surface area contributed by atoms with E-state index in [1.165, 1.54) is 5.56 Å². The van der Waals surface area contributed by atoms with E-state index < -0.39 is 6.10 Å². The number of hydrogen-bond acceptors (Lipinski definition) is 3. The summed E-state index contributed by atoms with van der Waals surface area (Å²) in [5.74, 6) is 0.663. The normalized spacial score (nSPS) is 19.6. The van der Waals surface area contributed by atoms with Crippen molar-refractivity contribution in [2.45, 2.75) is 45.8 Å². The van der Waals surface area contributed by atoms with Crippen LogP contribution in [0.4, 0.5) is 0 Å². The van der Waals surface area contributed by atoms with Gasteiger partial charge >= 0.3 is 0 Å². The number of carbonyl (C=O) groups is 1. The van der Waals surface area contributed by atoms with Gasteiger partial charge in [0, 0.05) is 13.2 Å². The Morgan fingerprint density at radius 3 is 2.95 bits per heavy atom. The predicted molar refractivity (Wildman–Crippen MR) is 78.0 cm³/mol. The van der Waals surface area contributed by atoms with E-state index in [4.69, 9.17) is 9.47 Å². The molecule has 0 aromatic heterocycles. The zero-order valence-corrected chi connectivity index (χ0v) is 12.4. The summed E-state index contributed by atoms with van der Waals surface area (Å²) < 4.78 is 11.2. The van der Waals surface area contributed by atoms with Crippen LogP contribution in [0.2, 0.25) is 0 Å². The molecule has 0 bridgehead atoms. The molecule has 0 unspecified atom stereocenters. The fraction of sp³-hybridized carbons (Fsp3) is 0.562. The van der Waals surface area contributed by atoms with Crippen molar-refractivity contribution in [3.8, 4) is 5.75 Å². The molecule has 1 heterocycles. The number of rotatable bonds is 5. The summed E-state index contributed by atoms with van der Waals surface area (Å²) in [5, 5.41) is 2.89. The van der Waals surface area contributed by atoms with Crippen LogP contribution < -0.4 is 10.1 Å². The second-order valence-electron chi connectivity index (χ2n) is 5.41. The first-order valence-corrected chi connectivity index (χ1v) is 7.19. The van der Waals surface area contributed by atoms with Crippen molar-refractivity contribution in [2.24, 2.45) is 0 Å². The van der Waals surface area contributed by atoms with Crippen molar-refractivity contribution in [3.05, 3.63) is 29.3 Å². The number of hydrogen-bond donors (Lipinski definition) is 1. The van der Waals surface area contributed by atoms with Gasteiger partial charge in [0.05, 0.1) is 6.10 Å². The topological polar surface area (TPSA) is 47.6 Å². The summed E-state index contributed by atoms with van der Waals surface area (Å²) in [6.45, 7) is 7.16. The summed E-state index contributed by atoms with van der Waals surface area (Å²) in [6.07, 6.45) is 1.76. The molecule has 2 atom stereocenters. The molecule has 1 saturated heterocycles. The van der Waals surface area contributed by atoms with E-state index >= 15 is 0 Å². The molecule has 0 saturated carbocycles. The highest BCUT2D eigenvalue weighted by atomic mass is 16.5. The second-order valence-corrected chi connectivity index (χ2v) is 5.41. The maximum Gasteiger partial charge on any atom is 0.260 e. The van der Waals surface area contributed by atoms with Gasteiger partial charge < -0.3 is 14.8 Å². The van der Waals surface area contributed by atoms with Gasteiger partial charge in [-0.25, -0.2) is 0 Å². The van der Waals surface area contributed by atoms with Gasteiger partial charge in [0.25, 0.3) is 5.91 Å². The average molecular weight is 277 g/mol. The lowest BCUT2D eigenvalue weighted by Gasteiger charge is -2.18. The molecule has 1 aliphatic heterocycles. The molecule has 1 aromatic rings. The Hall–Kier alpha value is -1.55. The fourth-order valence-corrected chi connectivity index (χ4v) is 2.34. The largest absolute Gasteiger partial charge is 0.481 e. The first-order chi connectivity index (χ1) is 9.56. The van der Waals surface area contributed by atoms with Crippen molar-refractivity contribution >= 4 is 5.91 Å². The highest BCUT2D eigenvalue weighted by Crippen LogP contribution is 2.20. The van der Waals surface area contributed by atoms with Gasteiger partial charge in [0.15, 0.2) is 6.10 Å². The van der Waals surface area contributed by atoms with E-state index in [1.54, 1.807) is 6.92 Å². The van der Waals surface area contributed by atoms with Gasteiger partial charge in [0.1, 0.15) is 5.75 Å². The number of nitrogens with one attached hydrogen (secondary N) is 1. The molecule has 0 radical (unpaired) electrons. The molecule has 2 rings (SSSR count). The highest BCUT2D eigenvalue weighted by molar-refractivity contribution is 5.80. The lowest BCUT2D eigenvalue weighted by Crippen LogP contribution is -2.40. The molecule has 4 nitrogen and oxygen atoms in total. The standard InChI is InChI=1S/C16H23NO3/c1-11-6-7-15(12(2)9-11)20-13(3)16(18)17-10-14-5-4-8-19-14/h6-7,9,13-14H,4-5,8,10H2,1-3H3,(H,17,18)/t13-,14-/m1/s1. The Morgan fingerprint density at radius 1 is 1.50 bits per heavy atom. The third kappa shape index (κ3) is 3.97. The summed E-state index contributed by atoms with van der Waals surface area (Å²) >= 11 is 0. The molecule has 0 spiro atoms. The van der Waals surface area contributed by atoms with E-state index in [0.29, 0.717) is 6.54 Å². The maximum absolute atomic E-state index is 12.0. The molecule has 1 aromatic carbocycles. The molecule has 1 fully saturated rings. The minimum Gasteiger partial charge on any atom is -0.481 e. The van der Waals surface area contributed by atoms with Crippen LogP contribution in [-0.2, 0) is 9.53 Å². The molecule has 1 N–H and O–H groups in total. The van der Waals surface area contributed by atoms with Crippen LogP contribution in [0, 0.1) is 13.8 Å². The third-order valence-electron chi connectivity index (χ3n) is 3.53. The average Bonchev–Trinajstić information content (AvgIpc) is 2.92. The van der Waals surface area contributed by atoms with E-state index in [2.05, 4.69) is 5.32 Å². The number of benzene rings is 1. The van der Waals surface area contributed by atoms with Crippen LogP contribution in [-0.4, -0.2) is 31.3 Å². The summed E-state index contributed by atoms with van der Waals surface area (Å²) in [5.41, 5.74) is 2.23. The SMILES string of the molecule is Cc1ccc(O[C@H](C)C(=O)NC[C@H]2CCCO2)c(C)c1. The minimum atomic E-state index is -0.502. The number of carbonyl (C=O) groups excluding carboxylic acids is 1. The predicted octanol–water partition coefficient (Wildman–Crippen LogP) is 2.37. The first-order valence-electron chi connectivity index (χ1n) is 7.19. The maximum atomic E-state index is 12.0. The summed E-state index contributed by atoms with van der Waals surface area (Å²) in [4.78, 5) is 12.0. The van der Waals surface area contributed by atoms with E-state index in [9.17, 15) is 4.79 Å². The van der Waals surface area contributed by atoms with Crippen LogP contribution in [0.3, 0.4) is 0 Å². The first kappa shape index (κ1) is 14.9. The van der Waals surface area contributed by atoms with Gasteiger partial charge in [-0.05, 0) is 45.2 Å². The Bertz CT molecular complexity index is 467. The molecule has 110 valence electrons. The van der Waals surface area contributed by atoms with Crippen LogP contribution in [0.5, 0.6) is 5.75 Å². The highest BCUT2D eigenvalue weighted by Gasteiger charge is 2.19. The summed E-state index contributed by atoms with van der Waals surface area (Å²) in [7, 11) is 0. The number of amides is 1. The van der Waals surface area contributed by atoms with Crippen LogP contribution >= 0.6 is 0 Å². The van der Waals surface area contributed by atoms with E-state index in [1.807, 2.05) is 32.0 Å². The lowest BCUT2D eigenvalue weighted by atomic mass is 10.1. The molecular weight excluding hydrogens is 254 g/mol. The smallest absolute Gasteiger partial charge is 0.260 e. The molecule has 4 heteroatoms. The molecule has 20 heavy (non-hydrogen) atoms.